The maximum atomic E-state index is 6.00. The molecule has 0 aromatic carbocycles. The van der Waals surface area contributed by atoms with Crippen LogP contribution in [0.25, 0.3) is 0 Å². The van der Waals surface area contributed by atoms with Crippen LogP contribution in [0.4, 0.5) is 0 Å². The third-order valence-corrected chi connectivity index (χ3v) is 2.64. The second-order valence-corrected chi connectivity index (χ2v) is 3.22. The van der Waals surface area contributed by atoms with Gasteiger partial charge >= 0.3 is 0 Å². The minimum Gasteiger partial charge on any atom is -0.374 e. The van der Waals surface area contributed by atoms with Crippen LogP contribution in [0.5, 0.6) is 0 Å². The number of hydrogen-bond acceptors (Lipinski definition) is 2. The molecule has 1 atom stereocenters. The van der Waals surface area contributed by atoms with E-state index in [-0.39, 0.29) is 11.6 Å². The van der Waals surface area contributed by atoms with Crippen molar-refractivity contribution in [2.75, 3.05) is 6.61 Å². The largest absolute Gasteiger partial charge is 0.374 e. The van der Waals surface area contributed by atoms with Gasteiger partial charge in [0.25, 0.3) is 0 Å². The first-order valence-electron chi connectivity index (χ1n) is 4.99. The normalized spacial score (nSPS) is 13.8. The summed E-state index contributed by atoms with van der Waals surface area (Å²) in [6.45, 7) is 6.87. The molecule has 1 unspecified atom stereocenters. The molecule has 0 aliphatic heterocycles. The number of terminal acetylenes is 1. The molecular formula is C11H21NO. The number of rotatable bonds is 6. The zero-order chi connectivity index (χ0) is 10.3. The fraction of sp³-hybridized carbons (Fsp3) is 0.818. The van der Waals surface area contributed by atoms with Gasteiger partial charge in [-0.25, -0.2) is 0 Å². The molecule has 2 nitrogen and oxygen atoms in total. The van der Waals surface area contributed by atoms with E-state index in [1.165, 1.54) is 0 Å². The maximum Gasteiger partial charge on any atom is 0.0836 e. The lowest BCUT2D eigenvalue weighted by atomic mass is 9.87. The first-order valence-corrected chi connectivity index (χ1v) is 4.99. The van der Waals surface area contributed by atoms with Crippen molar-refractivity contribution in [2.45, 2.75) is 51.7 Å². The van der Waals surface area contributed by atoms with Gasteiger partial charge in [0.2, 0.25) is 0 Å². The Balaban J connectivity index is 4.45. The van der Waals surface area contributed by atoms with Crippen molar-refractivity contribution in [1.29, 1.82) is 0 Å². The molecule has 0 fully saturated rings. The maximum absolute atomic E-state index is 6.00. The van der Waals surface area contributed by atoms with Crippen molar-refractivity contribution >= 4 is 0 Å². The van der Waals surface area contributed by atoms with Gasteiger partial charge in [0.05, 0.1) is 5.60 Å². The summed E-state index contributed by atoms with van der Waals surface area (Å²) in [5.74, 6) is 2.59. The second kappa shape index (κ2) is 6.01. The van der Waals surface area contributed by atoms with Gasteiger partial charge < -0.3 is 10.5 Å². The highest BCUT2D eigenvalue weighted by Gasteiger charge is 2.33. The molecular weight excluding hydrogens is 162 g/mol. The number of nitrogens with two attached hydrogens (primary N) is 1. The highest BCUT2D eigenvalue weighted by atomic mass is 16.5. The molecule has 0 spiro atoms. The highest BCUT2D eigenvalue weighted by molar-refractivity contribution is 4.98. The molecule has 76 valence electrons. The fourth-order valence-electron chi connectivity index (χ4n) is 1.69. The molecule has 0 aliphatic carbocycles. The van der Waals surface area contributed by atoms with Gasteiger partial charge in [-0.2, -0.15) is 0 Å². The summed E-state index contributed by atoms with van der Waals surface area (Å²) in [5, 5.41) is 0. The molecule has 0 rings (SSSR count). The Morgan fingerprint density at radius 1 is 1.38 bits per heavy atom. The van der Waals surface area contributed by atoms with E-state index in [9.17, 15) is 0 Å². The van der Waals surface area contributed by atoms with E-state index in [0.29, 0.717) is 13.0 Å². The Kier molecular flexibility index (Phi) is 5.77. The molecule has 0 saturated heterocycles. The van der Waals surface area contributed by atoms with Crippen LogP contribution in [-0.4, -0.2) is 18.2 Å². The van der Waals surface area contributed by atoms with Crippen molar-refractivity contribution in [3.8, 4) is 12.3 Å². The van der Waals surface area contributed by atoms with E-state index in [0.717, 1.165) is 12.8 Å². The molecule has 0 aromatic rings. The first-order chi connectivity index (χ1) is 6.16. The van der Waals surface area contributed by atoms with Crippen molar-refractivity contribution in [3.05, 3.63) is 0 Å². The summed E-state index contributed by atoms with van der Waals surface area (Å²) in [4.78, 5) is 0. The second-order valence-electron chi connectivity index (χ2n) is 3.22. The van der Waals surface area contributed by atoms with Gasteiger partial charge in [0.15, 0.2) is 0 Å². The summed E-state index contributed by atoms with van der Waals surface area (Å²) in [6, 6.07) is -0.0487. The number of ether oxygens (including phenoxy) is 1. The summed E-state index contributed by atoms with van der Waals surface area (Å²) in [6.07, 6.45) is 7.66. The molecule has 0 bridgehead atoms. The van der Waals surface area contributed by atoms with Crippen LogP contribution in [0.15, 0.2) is 0 Å². The molecule has 0 aromatic heterocycles. The molecule has 0 heterocycles. The van der Waals surface area contributed by atoms with E-state index in [2.05, 4.69) is 19.8 Å². The Labute approximate surface area is 81.8 Å². The van der Waals surface area contributed by atoms with Gasteiger partial charge in [-0.05, 0) is 19.8 Å². The van der Waals surface area contributed by atoms with Gasteiger partial charge in [-0.1, -0.05) is 13.8 Å². The number of hydrogen-bond donors (Lipinski definition) is 1. The van der Waals surface area contributed by atoms with Crippen LogP contribution in [0.1, 0.15) is 40.0 Å². The van der Waals surface area contributed by atoms with Crippen molar-refractivity contribution in [1.82, 2.24) is 0 Å². The van der Waals surface area contributed by atoms with E-state index in [1.807, 2.05) is 6.92 Å². The lowest BCUT2D eigenvalue weighted by Crippen LogP contribution is -2.49. The Morgan fingerprint density at radius 3 is 2.23 bits per heavy atom. The average Bonchev–Trinajstić information content (AvgIpc) is 2.14. The lowest BCUT2D eigenvalue weighted by molar-refractivity contribution is -0.0624. The molecule has 0 aliphatic rings. The first kappa shape index (κ1) is 12.5. The summed E-state index contributed by atoms with van der Waals surface area (Å²) < 4.78 is 5.72. The Bertz CT molecular complexity index is 167. The monoisotopic (exact) mass is 183 g/mol. The SMILES string of the molecule is C#CCC(N)C(CC)(CC)OCC. The molecule has 2 heteroatoms. The van der Waals surface area contributed by atoms with E-state index in [4.69, 9.17) is 16.9 Å². The smallest absolute Gasteiger partial charge is 0.0836 e. The fourth-order valence-corrected chi connectivity index (χ4v) is 1.69. The minimum atomic E-state index is -0.221. The predicted octanol–water partition coefficient (Wildman–Crippen LogP) is 1.93. The zero-order valence-electron chi connectivity index (χ0n) is 8.97. The van der Waals surface area contributed by atoms with Crippen LogP contribution in [0.2, 0.25) is 0 Å². The summed E-state index contributed by atoms with van der Waals surface area (Å²) >= 11 is 0. The van der Waals surface area contributed by atoms with Crippen LogP contribution in [-0.2, 0) is 4.74 Å². The average molecular weight is 183 g/mol. The van der Waals surface area contributed by atoms with Crippen LogP contribution >= 0.6 is 0 Å². The van der Waals surface area contributed by atoms with E-state index in [1.54, 1.807) is 0 Å². The third-order valence-electron chi connectivity index (χ3n) is 2.64. The lowest BCUT2D eigenvalue weighted by Gasteiger charge is -2.36. The quantitative estimate of drug-likeness (QED) is 0.639. The van der Waals surface area contributed by atoms with Crippen molar-refractivity contribution in [2.24, 2.45) is 5.73 Å². The predicted molar refractivity (Wildman–Crippen MR) is 56.4 cm³/mol. The molecule has 2 N–H and O–H groups in total. The van der Waals surface area contributed by atoms with Crippen LogP contribution < -0.4 is 5.73 Å². The molecule has 0 radical (unpaired) electrons. The molecule has 0 amide bonds. The summed E-state index contributed by atoms with van der Waals surface area (Å²) in [5.41, 5.74) is 5.78. The van der Waals surface area contributed by atoms with Gasteiger partial charge in [0.1, 0.15) is 0 Å². The topological polar surface area (TPSA) is 35.2 Å². The third kappa shape index (κ3) is 3.02. The Hall–Kier alpha value is -0.520. The van der Waals surface area contributed by atoms with Gasteiger partial charge in [0, 0.05) is 19.1 Å². The van der Waals surface area contributed by atoms with Crippen LogP contribution in [0.3, 0.4) is 0 Å². The Morgan fingerprint density at radius 2 is 1.92 bits per heavy atom. The standard InChI is InChI=1S/C11H21NO/c1-5-9-10(12)11(6-2,7-3)13-8-4/h1,10H,6-9,12H2,2-4H3. The van der Waals surface area contributed by atoms with Crippen molar-refractivity contribution in [3.63, 3.8) is 0 Å². The highest BCUT2D eigenvalue weighted by Crippen LogP contribution is 2.25. The van der Waals surface area contributed by atoms with Gasteiger partial charge in [-0.3, -0.25) is 0 Å². The van der Waals surface area contributed by atoms with E-state index < -0.39 is 0 Å². The minimum absolute atomic E-state index is 0.0487. The van der Waals surface area contributed by atoms with E-state index >= 15 is 0 Å². The van der Waals surface area contributed by atoms with Crippen molar-refractivity contribution < 1.29 is 4.74 Å². The molecule has 13 heavy (non-hydrogen) atoms. The van der Waals surface area contributed by atoms with Crippen LogP contribution in [0, 0.1) is 12.3 Å². The van der Waals surface area contributed by atoms with Gasteiger partial charge in [-0.15, -0.1) is 12.3 Å². The molecule has 0 saturated carbocycles. The zero-order valence-corrected chi connectivity index (χ0v) is 8.97. The summed E-state index contributed by atoms with van der Waals surface area (Å²) in [7, 11) is 0.